The van der Waals surface area contributed by atoms with E-state index in [2.05, 4.69) is 15.4 Å². The predicted molar refractivity (Wildman–Crippen MR) is 124 cm³/mol. The number of nitrogens with one attached hydrogen (secondary N) is 1. The van der Waals surface area contributed by atoms with Gasteiger partial charge in [-0.05, 0) is 29.7 Å². The van der Waals surface area contributed by atoms with E-state index in [0.717, 1.165) is 11.1 Å². The summed E-state index contributed by atoms with van der Waals surface area (Å²) in [7, 11) is 1.31. The fraction of sp³-hybridized carbons (Fsp3) is 0.240. The van der Waals surface area contributed by atoms with Crippen LogP contribution in [0, 0.1) is 5.92 Å². The SMILES string of the molecule is COC(=O)[C@@H](NC(=O)c1cc(-c2ccccc2)nc2c1cnn2Cc1ccncc1)C(C)C. The van der Waals surface area contributed by atoms with Gasteiger partial charge in [0, 0.05) is 18.0 Å². The topological polar surface area (TPSA) is 99.0 Å². The molecule has 0 aliphatic carbocycles. The van der Waals surface area contributed by atoms with Crippen molar-refractivity contribution in [3.63, 3.8) is 0 Å². The Morgan fingerprint density at radius 3 is 2.48 bits per heavy atom. The van der Waals surface area contributed by atoms with Gasteiger partial charge in [-0.25, -0.2) is 14.5 Å². The Labute approximate surface area is 191 Å². The highest BCUT2D eigenvalue weighted by molar-refractivity contribution is 6.07. The van der Waals surface area contributed by atoms with Crippen LogP contribution in [0.4, 0.5) is 0 Å². The number of carbonyl (C=O) groups is 2. The molecule has 0 saturated carbocycles. The van der Waals surface area contributed by atoms with Gasteiger partial charge in [-0.1, -0.05) is 44.2 Å². The van der Waals surface area contributed by atoms with Crippen LogP contribution in [0.15, 0.2) is 67.1 Å². The van der Waals surface area contributed by atoms with E-state index in [1.54, 1.807) is 29.3 Å². The molecule has 1 amide bonds. The molecule has 0 aliphatic heterocycles. The summed E-state index contributed by atoms with van der Waals surface area (Å²) < 4.78 is 6.63. The van der Waals surface area contributed by atoms with E-state index in [0.29, 0.717) is 28.8 Å². The van der Waals surface area contributed by atoms with Crippen molar-refractivity contribution in [2.75, 3.05) is 7.11 Å². The smallest absolute Gasteiger partial charge is 0.328 e. The van der Waals surface area contributed by atoms with E-state index in [9.17, 15) is 9.59 Å². The Morgan fingerprint density at radius 2 is 1.82 bits per heavy atom. The molecule has 0 radical (unpaired) electrons. The van der Waals surface area contributed by atoms with Gasteiger partial charge in [-0.2, -0.15) is 5.10 Å². The average molecular weight is 444 g/mol. The molecule has 0 aliphatic rings. The molecule has 8 nitrogen and oxygen atoms in total. The number of hydrogen-bond donors (Lipinski definition) is 1. The number of carbonyl (C=O) groups excluding carboxylic acids is 2. The minimum absolute atomic E-state index is 0.137. The van der Waals surface area contributed by atoms with Crippen LogP contribution in [0.1, 0.15) is 29.8 Å². The number of rotatable bonds is 7. The minimum atomic E-state index is -0.766. The zero-order valence-corrected chi connectivity index (χ0v) is 18.7. The summed E-state index contributed by atoms with van der Waals surface area (Å²) in [6.45, 7) is 4.19. The quantitative estimate of drug-likeness (QED) is 0.439. The van der Waals surface area contributed by atoms with Gasteiger partial charge >= 0.3 is 5.97 Å². The third-order valence-electron chi connectivity index (χ3n) is 5.41. The van der Waals surface area contributed by atoms with E-state index in [4.69, 9.17) is 9.72 Å². The molecule has 1 N–H and O–H groups in total. The molecule has 33 heavy (non-hydrogen) atoms. The molecule has 3 heterocycles. The second-order valence-corrected chi connectivity index (χ2v) is 8.03. The summed E-state index contributed by atoms with van der Waals surface area (Å²) in [6, 6.07) is 14.4. The summed E-state index contributed by atoms with van der Waals surface area (Å²) >= 11 is 0. The van der Waals surface area contributed by atoms with Crippen molar-refractivity contribution in [3.05, 3.63) is 78.2 Å². The van der Waals surface area contributed by atoms with Crippen molar-refractivity contribution in [1.82, 2.24) is 25.1 Å². The zero-order valence-electron chi connectivity index (χ0n) is 18.7. The largest absolute Gasteiger partial charge is 0.467 e. The summed E-state index contributed by atoms with van der Waals surface area (Å²) in [6.07, 6.45) is 5.08. The van der Waals surface area contributed by atoms with Crippen molar-refractivity contribution in [1.29, 1.82) is 0 Å². The van der Waals surface area contributed by atoms with Crippen LogP contribution in [0.3, 0.4) is 0 Å². The van der Waals surface area contributed by atoms with Crippen LogP contribution >= 0.6 is 0 Å². The van der Waals surface area contributed by atoms with E-state index in [-0.39, 0.29) is 11.8 Å². The molecule has 4 aromatic rings. The van der Waals surface area contributed by atoms with E-state index < -0.39 is 12.0 Å². The van der Waals surface area contributed by atoms with Crippen LogP contribution in [-0.2, 0) is 16.1 Å². The first-order valence-electron chi connectivity index (χ1n) is 10.7. The monoisotopic (exact) mass is 443 g/mol. The fourth-order valence-electron chi connectivity index (χ4n) is 3.61. The van der Waals surface area contributed by atoms with Gasteiger partial charge in [-0.3, -0.25) is 9.78 Å². The predicted octanol–water partition coefficient (Wildman–Crippen LogP) is 3.47. The molecule has 8 heteroatoms. The Balaban J connectivity index is 1.81. The number of benzene rings is 1. The molecule has 0 spiro atoms. The maximum absolute atomic E-state index is 13.4. The lowest BCUT2D eigenvalue weighted by Crippen LogP contribution is -2.45. The summed E-state index contributed by atoms with van der Waals surface area (Å²) in [5.41, 5.74) is 3.51. The Hall–Kier alpha value is -4.07. The highest BCUT2D eigenvalue weighted by Crippen LogP contribution is 2.25. The molecule has 168 valence electrons. The third-order valence-corrected chi connectivity index (χ3v) is 5.41. The van der Waals surface area contributed by atoms with Gasteiger partial charge in [0.15, 0.2) is 5.65 Å². The lowest BCUT2D eigenvalue weighted by Gasteiger charge is -2.20. The average Bonchev–Trinajstić information content (AvgIpc) is 3.24. The second kappa shape index (κ2) is 9.60. The maximum Gasteiger partial charge on any atom is 0.328 e. The van der Waals surface area contributed by atoms with Crippen molar-refractivity contribution in [2.45, 2.75) is 26.4 Å². The highest BCUT2D eigenvalue weighted by Gasteiger charge is 2.27. The van der Waals surface area contributed by atoms with Gasteiger partial charge in [0.05, 0.1) is 36.5 Å². The molecule has 0 bridgehead atoms. The number of amides is 1. The number of aromatic nitrogens is 4. The fourth-order valence-corrected chi connectivity index (χ4v) is 3.61. The van der Waals surface area contributed by atoms with Crippen LogP contribution in [0.5, 0.6) is 0 Å². The van der Waals surface area contributed by atoms with Crippen LogP contribution < -0.4 is 5.32 Å². The number of esters is 1. The van der Waals surface area contributed by atoms with E-state index >= 15 is 0 Å². The van der Waals surface area contributed by atoms with Crippen LogP contribution in [0.25, 0.3) is 22.3 Å². The molecule has 4 rings (SSSR count). The molecular formula is C25H25N5O3. The lowest BCUT2D eigenvalue weighted by atomic mass is 10.0. The van der Waals surface area contributed by atoms with E-state index in [1.165, 1.54) is 7.11 Å². The molecule has 1 atom stereocenters. The molecule has 0 unspecified atom stereocenters. The molecular weight excluding hydrogens is 418 g/mol. The van der Waals surface area contributed by atoms with Gasteiger partial charge in [0.25, 0.3) is 5.91 Å². The third kappa shape index (κ3) is 4.74. The maximum atomic E-state index is 13.4. The standard InChI is InChI=1S/C25H25N5O3/c1-16(2)22(25(32)33-3)29-24(31)19-13-21(18-7-5-4-6-8-18)28-23-20(19)14-27-30(23)15-17-9-11-26-12-10-17/h4-14,16,22H,15H2,1-3H3,(H,29,31)/t22-/m0/s1. The number of fused-ring (bicyclic) bond motifs is 1. The number of nitrogens with zero attached hydrogens (tertiary/aromatic N) is 4. The first-order valence-corrected chi connectivity index (χ1v) is 10.7. The van der Waals surface area contributed by atoms with Gasteiger partial charge < -0.3 is 10.1 Å². The lowest BCUT2D eigenvalue weighted by molar-refractivity contribution is -0.144. The normalized spacial score (nSPS) is 12.0. The number of methoxy groups -OCH3 is 1. The Kier molecular flexibility index (Phi) is 6.44. The van der Waals surface area contributed by atoms with Crippen molar-refractivity contribution in [2.24, 2.45) is 5.92 Å². The number of pyridine rings is 2. The number of hydrogen-bond acceptors (Lipinski definition) is 6. The molecule has 0 fully saturated rings. The zero-order chi connectivity index (χ0) is 23.4. The molecule has 1 aromatic carbocycles. The van der Waals surface area contributed by atoms with Gasteiger partial charge in [0.1, 0.15) is 6.04 Å². The molecule has 0 saturated heterocycles. The van der Waals surface area contributed by atoms with Crippen LogP contribution in [-0.4, -0.2) is 44.8 Å². The Bertz CT molecular complexity index is 1270. The van der Waals surface area contributed by atoms with Crippen molar-refractivity contribution in [3.8, 4) is 11.3 Å². The minimum Gasteiger partial charge on any atom is -0.467 e. The Morgan fingerprint density at radius 1 is 1.09 bits per heavy atom. The van der Waals surface area contributed by atoms with Crippen molar-refractivity contribution < 1.29 is 14.3 Å². The first kappa shape index (κ1) is 22.1. The van der Waals surface area contributed by atoms with Gasteiger partial charge in [0.2, 0.25) is 0 Å². The summed E-state index contributed by atoms with van der Waals surface area (Å²) in [5, 5.41) is 7.93. The summed E-state index contributed by atoms with van der Waals surface area (Å²) in [5.74, 6) is -1.01. The number of ether oxygens (including phenoxy) is 1. The van der Waals surface area contributed by atoms with Crippen LogP contribution in [0.2, 0.25) is 0 Å². The first-order chi connectivity index (χ1) is 16.0. The highest BCUT2D eigenvalue weighted by atomic mass is 16.5. The van der Waals surface area contributed by atoms with Gasteiger partial charge in [-0.15, -0.1) is 0 Å². The summed E-state index contributed by atoms with van der Waals surface area (Å²) in [4.78, 5) is 34.4. The van der Waals surface area contributed by atoms with E-state index in [1.807, 2.05) is 56.3 Å². The second-order valence-electron chi connectivity index (χ2n) is 8.03. The van der Waals surface area contributed by atoms with Crippen molar-refractivity contribution >= 4 is 22.9 Å². The molecule has 3 aromatic heterocycles.